The molecule has 3 unspecified atom stereocenters. The lowest BCUT2D eigenvalue weighted by atomic mass is 9.89. The Balaban J connectivity index is 1.43. The van der Waals surface area contributed by atoms with Crippen LogP contribution in [-0.2, 0) is 4.79 Å². The molecule has 4 heteroatoms. The third-order valence-corrected chi connectivity index (χ3v) is 5.68. The molecular formula is C18H30N2O2. The normalized spacial score (nSPS) is 34.5. The Morgan fingerprint density at radius 3 is 2.50 bits per heavy atom. The van der Waals surface area contributed by atoms with E-state index >= 15 is 0 Å². The molecule has 22 heavy (non-hydrogen) atoms. The number of nitrogens with zero attached hydrogens (tertiary/aromatic N) is 1. The molecular weight excluding hydrogens is 276 g/mol. The van der Waals surface area contributed by atoms with Crippen LogP contribution in [0.3, 0.4) is 0 Å². The molecule has 1 heterocycles. The molecule has 0 bridgehead atoms. The molecule has 2 aliphatic carbocycles. The average Bonchev–Trinajstić information content (AvgIpc) is 2.57. The molecule has 0 radical (unpaired) electrons. The van der Waals surface area contributed by atoms with Gasteiger partial charge in [0.2, 0.25) is 5.91 Å². The maximum absolute atomic E-state index is 12.3. The van der Waals surface area contributed by atoms with Crippen molar-refractivity contribution in [3.05, 3.63) is 12.2 Å². The molecule has 3 aliphatic rings. The number of amides is 1. The van der Waals surface area contributed by atoms with Crippen LogP contribution in [0.5, 0.6) is 0 Å². The van der Waals surface area contributed by atoms with Crippen LogP contribution in [0, 0.1) is 5.92 Å². The van der Waals surface area contributed by atoms with Gasteiger partial charge in [0.15, 0.2) is 0 Å². The van der Waals surface area contributed by atoms with E-state index in [4.69, 9.17) is 0 Å². The van der Waals surface area contributed by atoms with Crippen LogP contribution < -0.4 is 5.32 Å². The number of allylic oxidation sites excluding steroid dienone is 2. The number of piperidine rings is 1. The van der Waals surface area contributed by atoms with Gasteiger partial charge in [-0.1, -0.05) is 25.0 Å². The van der Waals surface area contributed by atoms with Crippen molar-refractivity contribution >= 4 is 5.91 Å². The van der Waals surface area contributed by atoms with Crippen LogP contribution in [0.4, 0.5) is 0 Å². The number of carbonyl (C=O) groups excluding carboxylic acids is 1. The van der Waals surface area contributed by atoms with Gasteiger partial charge in [-0.3, -0.25) is 9.69 Å². The maximum atomic E-state index is 12.3. The van der Waals surface area contributed by atoms with Gasteiger partial charge < -0.3 is 10.4 Å². The second-order valence-electron chi connectivity index (χ2n) is 7.22. The Kier molecular flexibility index (Phi) is 5.53. The number of likely N-dealkylation sites (tertiary alicyclic amines) is 1. The first-order valence-electron chi connectivity index (χ1n) is 9.11. The molecule has 0 aromatic rings. The Bertz CT molecular complexity index is 402. The molecule has 0 aromatic heterocycles. The van der Waals surface area contributed by atoms with Gasteiger partial charge in [0.25, 0.3) is 0 Å². The molecule has 0 aromatic carbocycles. The van der Waals surface area contributed by atoms with Crippen molar-refractivity contribution in [2.75, 3.05) is 13.1 Å². The number of nitrogens with one attached hydrogen (secondary N) is 1. The minimum Gasteiger partial charge on any atom is -0.391 e. The molecule has 1 aliphatic heterocycles. The SMILES string of the molecule is O=C(NC1CCN(C2CCCCC2O)CC1)C1CC=CCC1. The summed E-state index contributed by atoms with van der Waals surface area (Å²) in [5.41, 5.74) is 0. The molecule has 0 spiro atoms. The summed E-state index contributed by atoms with van der Waals surface area (Å²) in [4.78, 5) is 14.8. The first-order valence-corrected chi connectivity index (χ1v) is 9.11. The third-order valence-electron chi connectivity index (χ3n) is 5.68. The Labute approximate surface area is 134 Å². The van der Waals surface area contributed by atoms with Crippen LogP contribution in [0.1, 0.15) is 57.8 Å². The lowest BCUT2D eigenvalue weighted by molar-refractivity contribution is -0.126. The van der Waals surface area contributed by atoms with Crippen molar-refractivity contribution in [3.63, 3.8) is 0 Å². The van der Waals surface area contributed by atoms with Gasteiger partial charge in [-0.2, -0.15) is 0 Å². The predicted molar refractivity (Wildman–Crippen MR) is 87.5 cm³/mol. The first kappa shape index (κ1) is 16.0. The number of hydrogen-bond donors (Lipinski definition) is 2. The van der Waals surface area contributed by atoms with E-state index in [-0.39, 0.29) is 17.9 Å². The van der Waals surface area contributed by atoms with Crippen LogP contribution in [0.25, 0.3) is 0 Å². The zero-order chi connectivity index (χ0) is 15.4. The summed E-state index contributed by atoms with van der Waals surface area (Å²) in [5, 5.41) is 13.4. The highest BCUT2D eigenvalue weighted by atomic mass is 16.3. The minimum atomic E-state index is -0.145. The van der Waals surface area contributed by atoms with E-state index < -0.39 is 0 Å². The van der Waals surface area contributed by atoms with Crippen LogP contribution in [-0.4, -0.2) is 47.2 Å². The van der Waals surface area contributed by atoms with Crippen molar-refractivity contribution in [1.82, 2.24) is 10.2 Å². The molecule has 3 rings (SSSR count). The summed E-state index contributed by atoms with van der Waals surface area (Å²) in [6.07, 6.45) is 13.7. The van der Waals surface area contributed by atoms with Gasteiger partial charge in [-0.15, -0.1) is 0 Å². The molecule has 3 atom stereocenters. The second-order valence-corrected chi connectivity index (χ2v) is 7.22. The smallest absolute Gasteiger partial charge is 0.223 e. The van der Waals surface area contributed by atoms with Crippen LogP contribution >= 0.6 is 0 Å². The van der Waals surface area contributed by atoms with Gasteiger partial charge in [-0.05, 0) is 44.9 Å². The molecule has 2 fully saturated rings. The van der Waals surface area contributed by atoms with Crippen LogP contribution in [0.15, 0.2) is 12.2 Å². The fraction of sp³-hybridized carbons (Fsp3) is 0.833. The van der Waals surface area contributed by atoms with Crippen molar-refractivity contribution in [3.8, 4) is 0 Å². The summed E-state index contributed by atoms with van der Waals surface area (Å²) in [6.45, 7) is 2.02. The van der Waals surface area contributed by atoms with Crippen molar-refractivity contribution in [2.24, 2.45) is 5.92 Å². The molecule has 4 nitrogen and oxygen atoms in total. The van der Waals surface area contributed by atoms with Crippen molar-refractivity contribution < 1.29 is 9.90 Å². The van der Waals surface area contributed by atoms with Gasteiger partial charge >= 0.3 is 0 Å². The summed E-state index contributed by atoms with van der Waals surface area (Å²) < 4.78 is 0. The van der Waals surface area contributed by atoms with Gasteiger partial charge in [-0.25, -0.2) is 0 Å². The Morgan fingerprint density at radius 2 is 1.82 bits per heavy atom. The second kappa shape index (κ2) is 7.60. The summed E-state index contributed by atoms with van der Waals surface area (Å²) in [7, 11) is 0. The lowest BCUT2D eigenvalue weighted by Gasteiger charge is -2.41. The highest BCUT2D eigenvalue weighted by Gasteiger charge is 2.32. The van der Waals surface area contributed by atoms with E-state index in [0.29, 0.717) is 12.1 Å². The Hall–Kier alpha value is -0.870. The fourth-order valence-electron chi connectivity index (χ4n) is 4.24. The number of rotatable bonds is 3. The van der Waals surface area contributed by atoms with E-state index in [9.17, 15) is 9.90 Å². The standard InChI is InChI=1S/C18H30N2O2/c21-17-9-5-4-8-16(17)20-12-10-15(11-13-20)19-18(22)14-6-2-1-3-7-14/h1-2,14-17,21H,3-13H2,(H,19,22). The maximum Gasteiger partial charge on any atom is 0.223 e. The van der Waals surface area contributed by atoms with Gasteiger partial charge in [0, 0.05) is 31.1 Å². The summed E-state index contributed by atoms with van der Waals surface area (Å²) in [5.74, 6) is 0.434. The Morgan fingerprint density at radius 1 is 1.05 bits per heavy atom. The van der Waals surface area contributed by atoms with Crippen LogP contribution in [0.2, 0.25) is 0 Å². The number of carbonyl (C=O) groups is 1. The monoisotopic (exact) mass is 306 g/mol. The number of aliphatic hydroxyl groups excluding tert-OH is 1. The zero-order valence-corrected chi connectivity index (χ0v) is 13.5. The van der Waals surface area contributed by atoms with Crippen molar-refractivity contribution in [1.29, 1.82) is 0 Å². The molecule has 124 valence electrons. The first-order chi connectivity index (χ1) is 10.7. The molecule has 1 amide bonds. The van der Waals surface area contributed by atoms with E-state index in [1.54, 1.807) is 0 Å². The lowest BCUT2D eigenvalue weighted by Crippen LogP contribution is -2.52. The van der Waals surface area contributed by atoms with E-state index in [1.807, 2.05) is 0 Å². The highest BCUT2D eigenvalue weighted by molar-refractivity contribution is 5.79. The highest BCUT2D eigenvalue weighted by Crippen LogP contribution is 2.26. The van der Waals surface area contributed by atoms with E-state index in [0.717, 1.165) is 58.0 Å². The average molecular weight is 306 g/mol. The van der Waals surface area contributed by atoms with E-state index in [2.05, 4.69) is 22.4 Å². The zero-order valence-electron chi connectivity index (χ0n) is 13.5. The number of hydrogen-bond acceptors (Lipinski definition) is 3. The quantitative estimate of drug-likeness (QED) is 0.786. The van der Waals surface area contributed by atoms with Gasteiger partial charge in [0.05, 0.1) is 6.10 Å². The van der Waals surface area contributed by atoms with Crippen molar-refractivity contribution in [2.45, 2.75) is 76.0 Å². The fourth-order valence-corrected chi connectivity index (χ4v) is 4.24. The topological polar surface area (TPSA) is 52.6 Å². The minimum absolute atomic E-state index is 0.145. The molecule has 1 saturated carbocycles. The predicted octanol–water partition coefficient (Wildman–Crippen LogP) is 2.23. The number of aliphatic hydroxyl groups is 1. The summed E-state index contributed by atoms with van der Waals surface area (Å²) >= 11 is 0. The molecule has 1 saturated heterocycles. The van der Waals surface area contributed by atoms with Gasteiger partial charge in [0.1, 0.15) is 0 Å². The largest absolute Gasteiger partial charge is 0.391 e. The van der Waals surface area contributed by atoms with E-state index in [1.165, 1.54) is 12.8 Å². The summed E-state index contributed by atoms with van der Waals surface area (Å²) in [6, 6.07) is 0.685. The molecule has 2 N–H and O–H groups in total. The third kappa shape index (κ3) is 3.90.